The van der Waals surface area contributed by atoms with Crippen LogP contribution in [0.4, 0.5) is 13.2 Å². The number of carbonyl (C=O) groups is 2. The maximum atomic E-state index is 13.7. The number of amides is 2. The summed E-state index contributed by atoms with van der Waals surface area (Å²) >= 11 is 6.17. The zero-order valence-electron chi connectivity index (χ0n) is 20.9. The van der Waals surface area contributed by atoms with Gasteiger partial charge in [-0.15, -0.1) is 0 Å². The lowest BCUT2D eigenvalue weighted by molar-refractivity contribution is -0.137. The van der Waals surface area contributed by atoms with Crippen molar-refractivity contribution in [2.24, 2.45) is 0 Å². The molecule has 1 heterocycles. The van der Waals surface area contributed by atoms with Crippen LogP contribution in [0, 0.1) is 0 Å². The maximum absolute atomic E-state index is 13.7. The van der Waals surface area contributed by atoms with Gasteiger partial charge in [-0.2, -0.15) is 13.2 Å². The van der Waals surface area contributed by atoms with E-state index in [0.717, 1.165) is 17.7 Å². The third kappa shape index (κ3) is 6.67. The molecule has 3 aromatic rings. The molecule has 38 heavy (non-hydrogen) atoms. The van der Waals surface area contributed by atoms with Crippen LogP contribution < -0.4 is 4.74 Å². The molecule has 4 rings (SSSR count). The first kappa shape index (κ1) is 27.5. The molecule has 1 atom stereocenters. The van der Waals surface area contributed by atoms with E-state index in [1.54, 1.807) is 35.0 Å². The predicted octanol–water partition coefficient (Wildman–Crippen LogP) is 6.36. The molecule has 5 nitrogen and oxygen atoms in total. The smallest absolute Gasteiger partial charge is 0.416 e. The monoisotopic (exact) mass is 544 g/mol. The predicted molar refractivity (Wildman–Crippen MR) is 140 cm³/mol. The average molecular weight is 545 g/mol. The van der Waals surface area contributed by atoms with Crippen molar-refractivity contribution in [3.8, 4) is 5.75 Å². The molecule has 0 saturated heterocycles. The Morgan fingerprint density at radius 3 is 2.37 bits per heavy atom. The zero-order chi connectivity index (χ0) is 27.3. The van der Waals surface area contributed by atoms with Crippen LogP contribution in [-0.4, -0.2) is 54.4 Å². The fourth-order valence-electron chi connectivity index (χ4n) is 4.48. The van der Waals surface area contributed by atoms with Crippen LogP contribution in [0.1, 0.15) is 44.7 Å². The van der Waals surface area contributed by atoms with Crippen molar-refractivity contribution in [3.05, 3.63) is 100 Å². The van der Waals surface area contributed by atoms with Crippen LogP contribution in [0.25, 0.3) is 0 Å². The van der Waals surface area contributed by atoms with Crippen molar-refractivity contribution in [2.75, 3.05) is 26.7 Å². The van der Waals surface area contributed by atoms with Crippen LogP contribution >= 0.6 is 11.6 Å². The molecule has 0 radical (unpaired) electrons. The summed E-state index contributed by atoms with van der Waals surface area (Å²) < 4.78 is 45.4. The summed E-state index contributed by atoms with van der Waals surface area (Å²) in [6, 6.07) is 18.3. The molecule has 1 aliphatic heterocycles. The van der Waals surface area contributed by atoms with Gasteiger partial charge in [0.2, 0.25) is 0 Å². The van der Waals surface area contributed by atoms with Gasteiger partial charge >= 0.3 is 6.18 Å². The molecular formula is C29H28ClF3N2O3. The fourth-order valence-corrected chi connectivity index (χ4v) is 4.65. The van der Waals surface area contributed by atoms with Crippen molar-refractivity contribution < 1.29 is 27.5 Å². The Morgan fingerprint density at radius 1 is 1.00 bits per heavy atom. The molecule has 0 fully saturated rings. The van der Waals surface area contributed by atoms with Gasteiger partial charge in [0.25, 0.3) is 11.8 Å². The van der Waals surface area contributed by atoms with Crippen molar-refractivity contribution in [1.82, 2.24) is 9.80 Å². The van der Waals surface area contributed by atoms with Gasteiger partial charge in [-0.25, -0.2) is 0 Å². The number of rotatable bonds is 3. The molecule has 200 valence electrons. The highest BCUT2D eigenvalue weighted by molar-refractivity contribution is 6.31. The summed E-state index contributed by atoms with van der Waals surface area (Å²) in [4.78, 5) is 30.0. The Morgan fingerprint density at radius 2 is 1.68 bits per heavy atom. The molecule has 0 N–H and O–H groups in total. The van der Waals surface area contributed by atoms with E-state index in [4.69, 9.17) is 16.3 Å². The number of fused-ring (bicyclic) bond motifs is 1. The van der Waals surface area contributed by atoms with Gasteiger partial charge in [-0.05, 0) is 67.3 Å². The molecule has 3 aromatic carbocycles. The van der Waals surface area contributed by atoms with Crippen molar-refractivity contribution in [2.45, 2.75) is 31.5 Å². The van der Waals surface area contributed by atoms with Crippen LogP contribution in [-0.2, 0) is 12.6 Å². The second-order valence-electron chi connectivity index (χ2n) is 9.30. The molecule has 0 aliphatic carbocycles. The van der Waals surface area contributed by atoms with E-state index in [9.17, 15) is 22.8 Å². The SMILES string of the molecule is CN1CCCCN(C(=O)c2ccc(C(F)(F)F)cc2)[C@@H](Cc2ccccc2)COc2ccc(Cl)cc2C1=O. The molecule has 0 aromatic heterocycles. The van der Waals surface area contributed by atoms with Crippen molar-refractivity contribution in [3.63, 3.8) is 0 Å². The third-order valence-electron chi connectivity index (χ3n) is 6.57. The second-order valence-corrected chi connectivity index (χ2v) is 9.74. The van der Waals surface area contributed by atoms with Gasteiger partial charge in [0.05, 0.1) is 17.2 Å². The first-order valence-corrected chi connectivity index (χ1v) is 12.7. The van der Waals surface area contributed by atoms with Gasteiger partial charge in [0.1, 0.15) is 12.4 Å². The van der Waals surface area contributed by atoms with E-state index in [1.807, 2.05) is 30.3 Å². The minimum absolute atomic E-state index is 0.0763. The lowest BCUT2D eigenvalue weighted by Gasteiger charge is -2.33. The number of halogens is 4. The van der Waals surface area contributed by atoms with E-state index in [-0.39, 0.29) is 24.0 Å². The van der Waals surface area contributed by atoms with Gasteiger partial charge in [-0.3, -0.25) is 9.59 Å². The van der Waals surface area contributed by atoms with E-state index in [1.165, 1.54) is 12.1 Å². The Bertz CT molecular complexity index is 1270. The van der Waals surface area contributed by atoms with Crippen LogP contribution in [0.2, 0.25) is 5.02 Å². The Kier molecular flexibility index (Phi) is 8.62. The first-order valence-electron chi connectivity index (χ1n) is 12.3. The van der Waals surface area contributed by atoms with Gasteiger partial charge in [0.15, 0.2) is 0 Å². The molecular weight excluding hydrogens is 517 g/mol. The van der Waals surface area contributed by atoms with Crippen LogP contribution in [0.15, 0.2) is 72.8 Å². The molecule has 0 unspecified atom stereocenters. The zero-order valence-corrected chi connectivity index (χ0v) is 21.6. The number of carbonyl (C=O) groups excluding carboxylic acids is 2. The summed E-state index contributed by atoms with van der Waals surface area (Å²) in [6.45, 7) is 0.888. The Balaban J connectivity index is 1.69. The maximum Gasteiger partial charge on any atom is 0.416 e. The number of ether oxygens (including phenoxy) is 1. The van der Waals surface area contributed by atoms with E-state index >= 15 is 0 Å². The van der Waals surface area contributed by atoms with E-state index in [0.29, 0.717) is 48.7 Å². The quantitative estimate of drug-likeness (QED) is 0.386. The Hall–Kier alpha value is -3.52. The van der Waals surface area contributed by atoms with Gasteiger partial charge in [0, 0.05) is 30.7 Å². The number of hydrogen-bond donors (Lipinski definition) is 0. The van der Waals surface area contributed by atoms with Crippen LogP contribution in [0.3, 0.4) is 0 Å². The lowest BCUT2D eigenvalue weighted by Crippen LogP contribution is -2.46. The number of benzene rings is 3. The Labute approximate surface area is 224 Å². The minimum atomic E-state index is -4.49. The first-order chi connectivity index (χ1) is 18.1. The molecule has 9 heteroatoms. The van der Waals surface area contributed by atoms with Gasteiger partial charge in [-0.1, -0.05) is 41.9 Å². The summed E-state index contributed by atoms with van der Waals surface area (Å²) in [7, 11) is 1.70. The van der Waals surface area contributed by atoms with Crippen LogP contribution in [0.5, 0.6) is 5.75 Å². The molecule has 0 saturated carbocycles. The summed E-state index contributed by atoms with van der Waals surface area (Å²) in [6.07, 6.45) is -2.80. The second kappa shape index (κ2) is 11.9. The minimum Gasteiger partial charge on any atom is -0.491 e. The topological polar surface area (TPSA) is 49.9 Å². The number of nitrogens with zero attached hydrogens (tertiary/aromatic N) is 2. The molecule has 1 aliphatic rings. The van der Waals surface area contributed by atoms with E-state index < -0.39 is 17.8 Å². The summed E-state index contributed by atoms with van der Waals surface area (Å²) in [5.74, 6) is -0.228. The summed E-state index contributed by atoms with van der Waals surface area (Å²) in [5, 5.41) is 0.404. The highest BCUT2D eigenvalue weighted by Gasteiger charge is 2.32. The molecule has 2 amide bonds. The highest BCUT2D eigenvalue weighted by atomic mass is 35.5. The third-order valence-corrected chi connectivity index (χ3v) is 6.80. The van der Waals surface area contributed by atoms with Crippen molar-refractivity contribution >= 4 is 23.4 Å². The highest BCUT2D eigenvalue weighted by Crippen LogP contribution is 2.30. The average Bonchev–Trinajstić information content (AvgIpc) is 2.90. The number of alkyl halides is 3. The van der Waals surface area contributed by atoms with Crippen molar-refractivity contribution in [1.29, 1.82) is 0 Å². The number of hydrogen-bond acceptors (Lipinski definition) is 3. The standard InChI is InChI=1S/C29H28ClF3N2O3/c1-34-15-5-6-16-35(27(36)21-9-11-22(12-10-21)29(31,32)33)24(17-20-7-3-2-4-8-20)19-38-26-14-13-23(30)18-25(26)28(34)37/h2-4,7-14,18,24H,5-6,15-17,19H2,1H3/t24-/m0/s1. The largest absolute Gasteiger partial charge is 0.491 e. The normalized spacial score (nSPS) is 17.2. The fraction of sp³-hybridized carbons (Fsp3) is 0.310. The molecule has 0 spiro atoms. The van der Waals surface area contributed by atoms with Gasteiger partial charge < -0.3 is 14.5 Å². The van der Waals surface area contributed by atoms with E-state index in [2.05, 4.69) is 0 Å². The summed E-state index contributed by atoms with van der Waals surface area (Å²) in [5.41, 5.74) is 0.669. The molecule has 0 bridgehead atoms. The lowest BCUT2D eigenvalue weighted by atomic mass is 10.0.